The van der Waals surface area contributed by atoms with Crippen molar-refractivity contribution in [3.63, 3.8) is 0 Å². The Morgan fingerprint density at radius 3 is 2.59 bits per heavy atom. The van der Waals surface area contributed by atoms with Gasteiger partial charge in [-0.15, -0.1) is 0 Å². The maximum Gasteiger partial charge on any atom is 0.255 e. The summed E-state index contributed by atoms with van der Waals surface area (Å²) in [5.41, 5.74) is 1.15. The fraction of sp³-hybridized carbons (Fsp3) is 0.333. The van der Waals surface area contributed by atoms with Gasteiger partial charge in [0, 0.05) is 24.7 Å². The molecule has 10 heteroatoms. The molecule has 3 heterocycles. The van der Waals surface area contributed by atoms with Crippen LogP contribution in [0.3, 0.4) is 0 Å². The minimum atomic E-state index is -0.355. The highest BCUT2D eigenvalue weighted by Gasteiger charge is 2.29. The first-order valence-corrected chi connectivity index (χ1v) is 12.8. The molecule has 0 spiro atoms. The first-order valence-electron chi connectivity index (χ1n) is 12.0. The van der Waals surface area contributed by atoms with Crippen molar-refractivity contribution in [3.8, 4) is 11.5 Å². The molecule has 1 atom stereocenters. The van der Waals surface area contributed by atoms with E-state index in [9.17, 15) is 9.59 Å². The van der Waals surface area contributed by atoms with Crippen LogP contribution in [0.2, 0.25) is 10.0 Å². The number of benzene rings is 2. The average Bonchev–Trinajstić information content (AvgIpc) is 3.66. The lowest BCUT2D eigenvalue weighted by Gasteiger charge is -2.29. The van der Waals surface area contributed by atoms with Crippen molar-refractivity contribution >= 4 is 35.0 Å². The summed E-state index contributed by atoms with van der Waals surface area (Å²) >= 11 is 12.4. The summed E-state index contributed by atoms with van der Waals surface area (Å²) in [5.74, 6) is 1.33. The van der Waals surface area contributed by atoms with Crippen LogP contribution >= 0.6 is 23.2 Å². The van der Waals surface area contributed by atoms with E-state index < -0.39 is 0 Å². The van der Waals surface area contributed by atoms with Crippen LogP contribution in [0.15, 0.2) is 59.2 Å². The van der Waals surface area contributed by atoms with Crippen LogP contribution in [0.25, 0.3) is 0 Å². The Morgan fingerprint density at radius 1 is 0.973 bits per heavy atom. The van der Waals surface area contributed by atoms with E-state index in [0.717, 1.165) is 18.4 Å². The van der Waals surface area contributed by atoms with Crippen molar-refractivity contribution in [1.82, 2.24) is 9.80 Å². The van der Waals surface area contributed by atoms with Crippen LogP contribution in [-0.4, -0.2) is 54.2 Å². The molecule has 0 N–H and O–H groups in total. The number of rotatable bonds is 9. The Hall–Kier alpha value is -3.20. The summed E-state index contributed by atoms with van der Waals surface area (Å²) in [6.45, 7) is 1.47. The van der Waals surface area contributed by atoms with Crippen LogP contribution in [0, 0.1) is 0 Å². The molecule has 0 radical (unpaired) electrons. The Bertz CT molecular complexity index is 1260. The van der Waals surface area contributed by atoms with Crippen LogP contribution in [0.4, 0.5) is 0 Å². The van der Waals surface area contributed by atoms with Gasteiger partial charge in [-0.25, -0.2) is 0 Å². The van der Waals surface area contributed by atoms with Crippen LogP contribution in [-0.2, 0) is 22.6 Å². The summed E-state index contributed by atoms with van der Waals surface area (Å²) in [7, 11) is 0. The molecule has 2 amide bonds. The van der Waals surface area contributed by atoms with Gasteiger partial charge >= 0.3 is 0 Å². The molecule has 0 aliphatic carbocycles. The number of nitrogens with zero attached hydrogens (tertiary/aromatic N) is 2. The molecular formula is C27H26Cl2N2O6. The van der Waals surface area contributed by atoms with E-state index in [1.54, 1.807) is 29.4 Å². The van der Waals surface area contributed by atoms with Gasteiger partial charge in [-0.3, -0.25) is 9.59 Å². The number of hydrogen-bond donors (Lipinski definition) is 0. The third-order valence-corrected chi connectivity index (χ3v) is 6.86. The summed E-state index contributed by atoms with van der Waals surface area (Å²) < 4.78 is 22.2. The summed E-state index contributed by atoms with van der Waals surface area (Å²) in [5, 5.41) is 0.659. The maximum absolute atomic E-state index is 13.7. The first-order chi connectivity index (χ1) is 18.0. The predicted octanol–water partition coefficient (Wildman–Crippen LogP) is 5.17. The molecule has 0 unspecified atom stereocenters. The van der Waals surface area contributed by atoms with Crippen molar-refractivity contribution in [2.24, 2.45) is 0 Å². The van der Waals surface area contributed by atoms with Crippen LogP contribution in [0.1, 0.15) is 34.5 Å². The van der Waals surface area contributed by atoms with Gasteiger partial charge < -0.3 is 28.4 Å². The van der Waals surface area contributed by atoms with E-state index in [1.807, 2.05) is 24.3 Å². The zero-order valence-corrected chi connectivity index (χ0v) is 21.5. The summed E-state index contributed by atoms with van der Waals surface area (Å²) in [6.07, 6.45) is 3.15. The smallest absolute Gasteiger partial charge is 0.255 e. The summed E-state index contributed by atoms with van der Waals surface area (Å²) in [6, 6.07) is 13.8. The molecule has 2 aromatic carbocycles. The molecule has 1 saturated heterocycles. The Labute approximate surface area is 224 Å². The zero-order valence-electron chi connectivity index (χ0n) is 20.0. The number of carbonyl (C=O) groups is 2. The molecule has 0 bridgehead atoms. The van der Waals surface area contributed by atoms with Crippen LogP contribution in [0.5, 0.6) is 11.5 Å². The second-order valence-electron chi connectivity index (χ2n) is 8.96. The molecule has 5 rings (SSSR count). The molecule has 2 aliphatic rings. The molecule has 1 aromatic heterocycles. The summed E-state index contributed by atoms with van der Waals surface area (Å²) in [4.78, 5) is 30.4. The number of hydrogen-bond acceptors (Lipinski definition) is 6. The minimum Gasteiger partial charge on any atom is -0.467 e. The standard InChI is InChI=1S/C27H26Cl2N2O6/c28-19-6-7-22(23(29)12-19)27(33)31(15-21-4-2-10-35-21)16-26(32)30(14-20-3-1-9-34-20)13-18-5-8-24-25(11-18)37-17-36-24/h1,3,5-9,11-12,21H,2,4,10,13-17H2/t21-/m0/s1. The molecule has 2 aliphatic heterocycles. The molecule has 37 heavy (non-hydrogen) atoms. The highest BCUT2D eigenvalue weighted by Crippen LogP contribution is 2.33. The normalized spacial score (nSPS) is 16.1. The molecule has 0 saturated carbocycles. The van der Waals surface area contributed by atoms with Gasteiger partial charge in [0.05, 0.1) is 29.5 Å². The number of furan rings is 1. The van der Waals surface area contributed by atoms with Gasteiger partial charge in [0.2, 0.25) is 12.7 Å². The van der Waals surface area contributed by atoms with E-state index in [-0.39, 0.29) is 54.9 Å². The van der Waals surface area contributed by atoms with Crippen molar-refractivity contribution in [1.29, 1.82) is 0 Å². The van der Waals surface area contributed by atoms with Gasteiger partial charge in [0.1, 0.15) is 12.3 Å². The number of carbonyl (C=O) groups excluding carboxylic acids is 2. The van der Waals surface area contributed by atoms with Gasteiger partial charge in [-0.1, -0.05) is 29.3 Å². The van der Waals surface area contributed by atoms with E-state index in [1.165, 1.54) is 11.0 Å². The monoisotopic (exact) mass is 544 g/mol. The van der Waals surface area contributed by atoms with Crippen molar-refractivity contribution in [2.75, 3.05) is 26.5 Å². The highest BCUT2D eigenvalue weighted by atomic mass is 35.5. The van der Waals surface area contributed by atoms with Gasteiger partial charge in [0.15, 0.2) is 11.5 Å². The topological polar surface area (TPSA) is 81.5 Å². The zero-order chi connectivity index (χ0) is 25.8. The lowest BCUT2D eigenvalue weighted by Crippen LogP contribution is -2.45. The highest BCUT2D eigenvalue weighted by molar-refractivity contribution is 6.36. The number of amides is 2. The maximum atomic E-state index is 13.7. The van der Waals surface area contributed by atoms with E-state index in [2.05, 4.69) is 0 Å². The SMILES string of the molecule is O=C(CN(C[C@@H]1CCCO1)C(=O)c1ccc(Cl)cc1Cl)N(Cc1ccc2c(c1)OCO2)Cc1ccco1. The molecule has 1 fully saturated rings. The fourth-order valence-electron chi connectivity index (χ4n) is 4.43. The second-order valence-corrected chi connectivity index (χ2v) is 9.81. The second kappa shape index (κ2) is 11.5. The number of halogens is 2. The van der Waals surface area contributed by atoms with E-state index >= 15 is 0 Å². The third kappa shape index (κ3) is 6.21. The first kappa shape index (κ1) is 25.4. The van der Waals surface area contributed by atoms with Crippen molar-refractivity contribution in [3.05, 3.63) is 81.7 Å². The molecular weight excluding hydrogens is 519 g/mol. The Kier molecular flexibility index (Phi) is 7.88. The van der Waals surface area contributed by atoms with Crippen LogP contribution < -0.4 is 9.47 Å². The fourth-order valence-corrected chi connectivity index (χ4v) is 4.92. The lowest BCUT2D eigenvalue weighted by molar-refractivity contribution is -0.133. The van der Waals surface area contributed by atoms with E-state index in [4.69, 9.17) is 41.8 Å². The lowest BCUT2D eigenvalue weighted by atomic mass is 10.1. The van der Waals surface area contributed by atoms with Crippen molar-refractivity contribution in [2.45, 2.75) is 32.0 Å². The Morgan fingerprint density at radius 2 is 1.84 bits per heavy atom. The quantitative estimate of drug-likeness (QED) is 0.369. The number of fused-ring (bicyclic) bond motifs is 1. The van der Waals surface area contributed by atoms with Gasteiger partial charge in [-0.05, 0) is 60.9 Å². The van der Waals surface area contributed by atoms with E-state index in [0.29, 0.717) is 35.4 Å². The van der Waals surface area contributed by atoms with Gasteiger partial charge in [0.25, 0.3) is 5.91 Å². The Balaban J connectivity index is 1.38. The molecule has 8 nitrogen and oxygen atoms in total. The largest absolute Gasteiger partial charge is 0.467 e. The number of ether oxygens (including phenoxy) is 3. The van der Waals surface area contributed by atoms with Crippen molar-refractivity contribution < 1.29 is 28.2 Å². The molecule has 194 valence electrons. The van der Waals surface area contributed by atoms with Gasteiger partial charge in [-0.2, -0.15) is 0 Å². The predicted molar refractivity (Wildman–Crippen MR) is 137 cm³/mol. The minimum absolute atomic E-state index is 0.143. The molecule has 3 aromatic rings. The average molecular weight is 545 g/mol. The third-order valence-electron chi connectivity index (χ3n) is 6.31.